The predicted molar refractivity (Wildman–Crippen MR) is 138 cm³/mol. The molecular formula is C28H31ClN2O4. The summed E-state index contributed by atoms with van der Waals surface area (Å²) in [6.07, 6.45) is 1.16. The lowest BCUT2D eigenvalue weighted by Crippen LogP contribution is -2.49. The van der Waals surface area contributed by atoms with Crippen molar-refractivity contribution in [2.75, 3.05) is 21.3 Å². The van der Waals surface area contributed by atoms with Gasteiger partial charge in [-0.25, -0.2) is 0 Å². The number of carbonyl (C=O) groups excluding carboxylic acids is 2. The van der Waals surface area contributed by atoms with Crippen molar-refractivity contribution in [3.63, 3.8) is 0 Å². The van der Waals surface area contributed by atoms with Crippen LogP contribution in [0.2, 0.25) is 5.02 Å². The fourth-order valence-electron chi connectivity index (χ4n) is 3.94. The molecule has 1 N–H and O–H groups in total. The van der Waals surface area contributed by atoms with E-state index in [0.717, 1.165) is 16.7 Å². The summed E-state index contributed by atoms with van der Waals surface area (Å²) in [4.78, 5) is 28.2. The standard InChI is InChI=1S/C28H31ClN2O4/c1-30-28(33)24(17-20-7-5-4-6-8-20)31(19-22-9-13-23(29)14-10-22)27(32)16-12-21-11-15-25(34-2)26(18-21)35-3/h4-11,13-15,18,24H,12,16-17,19H2,1-3H3,(H,30,33)/t24-/m0/s1. The molecule has 0 fully saturated rings. The molecule has 0 spiro atoms. The molecule has 0 bridgehead atoms. The molecule has 3 aromatic carbocycles. The highest BCUT2D eigenvalue weighted by atomic mass is 35.5. The molecule has 0 aliphatic carbocycles. The van der Waals surface area contributed by atoms with E-state index >= 15 is 0 Å². The number of amides is 2. The molecule has 3 rings (SSSR count). The zero-order valence-corrected chi connectivity index (χ0v) is 21.0. The van der Waals surface area contributed by atoms with E-state index in [0.29, 0.717) is 35.9 Å². The molecule has 7 heteroatoms. The summed E-state index contributed by atoms with van der Waals surface area (Å²) in [5.74, 6) is 0.929. The molecule has 0 saturated carbocycles. The Balaban J connectivity index is 1.86. The number of nitrogens with zero attached hydrogens (tertiary/aromatic N) is 1. The molecule has 0 saturated heterocycles. The van der Waals surface area contributed by atoms with Crippen LogP contribution < -0.4 is 14.8 Å². The van der Waals surface area contributed by atoms with Gasteiger partial charge in [0.25, 0.3) is 0 Å². The summed E-state index contributed by atoms with van der Waals surface area (Å²) in [5, 5.41) is 3.35. The quantitative estimate of drug-likeness (QED) is 0.420. The number of nitrogens with one attached hydrogen (secondary N) is 1. The Morgan fingerprint density at radius 2 is 1.54 bits per heavy atom. The summed E-state index contributed by atoms with van der Waals surface area (Å²) in [7, 11) is 4.76. The van der Waals surface area contributed by atoms with Crippen LogP contribution in [0.15, 0.2) is 72.8 Å². The Morgan fingerprint density at radius 1 is 0.886 bits per heavy atom. The zero-order chi connectivity index (χ0) is 25.2. The molecule has 0 radical (unpaired) electrons. The van der Waals surface area contributed by atoms with Crippen molar-refractivity contribution in [2.24, 2.45) is 0 Å². The molecule has 6 nitrogen and oxygen atoms in total. The molecule has 0 aliphatic heterocycles. The molecule has 3 aromatic rings. The lowest BCUT2D eigenvalue weighted by atomic mass is 10.0. The third kappa shape index (κ3) is 7.23. The Bertz CT molecular complexity index is 1120. The highest BCUT2D eigenvalue weighted by Crippen LogP contribution is 2.28. The minimum absolute atomic E-state index is 0.112. The topological polar surface area (TPSA) is 67.9 Å². The summed E-state index contributed by atoms with van der Waals surface area (Å²) in [6, 6.07) is 22.0. The molecular weight excluding hydrogens is 464 g/mol. The van der Waals surface area contributed by atoms with Crippen LogP contribution in [0.1, 0.15) is 23.1 Å². The monoisotopic (exact) mass is 494 g/mol. The van der Waals surface area contributed by atoms with E-state index in [9.17, 15) is 9.59 Å². The van der Waals surface area contributed by atoms with Gasteiger partial charge in [0.2, 0.25) is 11.8 Å². The van der Waals surface area contributed by atoms with Gasteiger partial charge in [0.05, 0.1) is 14.2 Å². The maximum absolute atomic E-state index is 13.6. The van der Waals surface area contributed by atoms with Crippen molar-refractivity contribution in [1.82, 2.24) is 10.2 Å². The Labute approximate surface area is 211 Å². The second kappa shape index (κ2) is 12.8. The first-order chi connectivity index (χ1) is 16.9. The van der Waals surface area contributed by atoms with Crippen LogP contribution in [-0.4, -0.2) is 44.0 Å². The van der Waals surface area contributed by atoms with Crippen molar-refractivity contribution >= 4 is 23.4 Å². The van der Waals surface area contributed by atoms with Crippen LogP contribution in [0.3, 0.4) is 0 Å². The first-order valence-corrected chi connectivity index (χ1v) is 11.8. The summed E-state index contributed by atoms with van der Waals surface area (Å²) < 4.78 is 10.7. The van der Waals surface area contributed by atoms with Gasteiger partial charge in [-0.05, 0) is 47.4 Å². The molecule has 1 atom stereocenters. The molecule has 0 aliphatic rings. The van der Waals surface area contributed by atoms with Gasteiger partial charge in [0.15, 0.2) is 11.5 Å². The van der Waals surface area contributed by atoms with Gasteiger partial charge in [-0.15, -0.1) is 0 Å². The number of carbonyl (C=O) groups is 2. The van der Waals surface area contributed by atoms with E-state index in [1.807, 2.05) is 60.7 Å². The lowest BCUT2D eigenvalue weighted by molar-refractivity contribution is -0.141. The van der Waals surface area contributed by atoms with Crippen LogP contribution >= 0.6 is 11.6 Å². The van der Waals surface area contributed by atoms with Gasteiger partial charge in [0.1, 0.15) is 6.04 Å². The van der Waals surface area contributed by atoms with Gasteiger partial charge in [0, 0.05) is 31.5 Å². The number of methoxy groups -OCH3 is 2. The Morgan fingerprint density at radius 3 is 2.17 bits per heavy atom. The average molecular weight is 495 g/mol. The smallest absolute Gasteiger partial charge is 0.242 e. The third-order valence-electron chi connectivity index (χ3n) is 5.86. The average Bonchev–Trinajstić information content (AvgIpc) is 2.90. The van der Waals surface area contributed by atoms with Gasteiger partial charge >= 0.3 is 0 Å². The molecule has 184 valence electrons. The second-order valence-electron chi connectivity index (χ2n) is 8.16. The first-order valence-electron chi connectivity index (χ1n) is 11.5. The Kier molecular flexibility index (Phi) is 9.56. The first kappa shape index (κ1) is 26.1. The number of likely N-dealkylation sites (N-methyl/N-ethyl adjacent to an activating group) is 1. The van der Waals surface area contributed by atoms with Crippen molar-refractivity contribution in [1.29, 1.82) is 0 Å². The molecule has 2 amide bonds. The number of ether oxygens (including phenoxy) is 2. The second-order valence-corrected chi connectivity index (χ2v) is 8.59. The third-order valence-corrected chi connectivity index (χ3v) is 6.11. The van der Waals surface area contributed by atoms with Gasteiger partial charge in [-0.1, -0.05) is 60.1 Å². The fourth-order valence-corrected chi connectivity index (χ4v) is 4.06. The summed E-state index contributed by atoms with van der Waals surface area (Å²) in [5.41, 5.74) is 2.83. The van der Waals surface area contributed by atoms with E-state index in [-0.39, 0.29) is 18.2 Å². The highest BCUT2D eigenvalue weighted by molar-refractivity contribution is 6.30. The normalized spacial score (nSPS) is 11.4. The number of aryl methyl sites for hydroxylation is 1. The highest BCUT2D eigenvalue weighted by Gasteiger charge is 2.29. The minimum atomic E-state index is -0.656. The lowest BCUT2D eigenvalue weighted by Gasteiger charge is -2.31. The van der Waals surface area contributed by atoms with Crippen LogP contribution in [-0.2, 0) is 29.0 Å². The summed E-state index contributed by atoms with van der Waals surface area (Å²) in [6.45, 7) is 0.298. The molecule has 0 unspecified atom stereocenters. The number of rotatable bonds is 11. The van der Waals surface area contributed by atoms with E-state index in [1.54, 1.807) is 38.3 Å². The van der Waals surface area contributed by atoms with Gasteiger partial charge in [-0.3, -0.25) is 9.59 Å². The summed E-state index contributed by atoms with van der Waals surface area (Å²) >= 11 is 6.05. The number of hydrogen-bond acceptors (Lipinski definition) is 4. The van der Waals surface area contributed by atoms with E-state index in [2.05, 4.69) is 5.32 Å². The number of hydrogen-bond donors (Lipinski definition) is 1. The number of benzene rings is 3. The van der Waals surface area contributed by atoms with E-state index in [1.165, 1.54) is 0 Å². The van der Waals surface area contributed by atoms with Gasteiger partial charge < -0.3 is 19.7 Å². The van der Waals surface area contributed by atoms with Crippen molar-refractivity contribution in [3.05, 3.63) is 94.5 Å². The zero-order valence-electron chi connectivity index (χ0n) is 20.3. The van der Waals surface area contributed by atoms with Crippen molar-refractivity contribution in [2.45, 2.75) is 31.8 Å². The van der Waals surface area contributed by atoms with Crippen LogP contribution in [0.4, 0.5) is 0 Å². The van der Waals surface area contributed by atoms with Crippen molar-refractivity contribution in [3.8, 4) is 11.5 Å². The minimum Gasteiger partial charge on any atom is -0.493 e. The molecule has 0 aromatic heterocycles. The van der Waals surface area contributed by atoms with Crippen LogP contribution in [0, 0.1) is 0 Å². The molecule has 35 heavy (non-hydrogen) atoms. The van der Waals surface area contributed by atoms with Gasteiger partial charge in [-0.2, -0.15) is 0 Å². The number of halogens is 1. The van der Waals surface area contributed by atoms with Crippen LogP contribution in [0.5, 0.6) is 11.5 Å². The Hall–Kier alpha value is -3.51. The predicted octanol–water partition coefficient (Wildman–Crippen LogP) is 4.68. The molecule has 0 heterocycles. The SMILES string of the molecule is CNC(=O)[C@H](Cc1ccccc1)N(Cc1ccc(Cl)cc1)C(=O)CCc1ccc(OC)c(OC)c1. The van der Waals surface area contributed by atoms with E-state index in [4.69, 9.17) is 21.1 Å². The fraction of sp³-hybridized carbons (Fsp3) is 0.286. The largest absolute Gasteiger partial charge is 0.493 e. The van der Waals surface area contributed by atoms with Crippen molar-refractivity contribution < 1.29 is 19.1 Å². The maximum Gasteiger partial charge on any atom is 0.242 e. The van der Waals surface area contributed by atoms with Crippen LogP contribution in [0.25, 0.3) is 0 Å². The van der Waals surface area contributed by atoms with E-state index < -0.39 is 6.04 Å². The maximum atomic E-state index is 13.6.